The molecule has 1 aromatic heterocycles. The molecule has 3 nitrogen and oxygen atoms in total. The van der Waals surface area contributed by atoms with Gasteiger partial charge in [-0.3, -0.25) is 9.78 Å². The van der Waals surface area contributed by atoms with Crippen LogP contribution in [0.1, 0.15) is 37.8 Å². The first-order chi connectivity index (χ1) is 9.33. The van der Waals surface area contributed by atoms with Crippen LogP contribution in [0.5, 0.6) is 0 Å². The molecule has 3 rings (SSSR count). The summed E-state index contributed by atoms with van der Waals surface area (Å²) >= 11 is 0. The highest BCUT2D eigenvalue weighted by Gasteiger charge is 2.33. The highest BCUT2D eigenvalue weighted by atomic mass is 16.2. The normalized spacial score (nSPS) is 21.6. The van der Waals surface area contributed by atoms with Crippen LogP contribution in [0.2, 0.25) is 0 Å². The number of nitrogens with zero attached hydrogens (tertiary/aromatic N) is 2. The minimum atomic E-state index is 0.296. The molecule has 1 heterocycles. The number of rotatable bonds is 5. The van der Waals surface area contributed by atoms with E-state index in [1.54, 1.807) is 6.20 Å². The van der Waals surface area contributed by atoms with Gasteiger partial charge in [-0.05, 0) is 43.7 Å². The van der Waals surface area contributed by atoms with Crippen molar-refractivity contribution in [3.8, 4) is 0 Å². The van der Waals surface area contributed by atoms with Gasteiger partial charge in [-0.1, -0.05) is 18.2 Å². The van der Waals surface area contributed by atoms with Crippen LogP contribution in [0.25, 0.3) is 0 Å². The summed E-state index contributed by atoms with van der Waals surface area (Å²) in [7, 11) is 0. The van der Waals surface area contributed by atoms with Gasteiger partial charge in [0.25, 0.3) is 0 Å². The molecule has 0 unspecified atom stereocenters. The zero-order valence-corrected chi connectivity index (χ0v) is 11.2. The summed E-state index contributed by atoms with van der Waals surface area (Å²) in [6.07, 6.45) is 11.4. The number of carbonyl (C=O) groups excluding carboxylic acids is 1. The van der Waals surface area contributed by atoms with Crippen molar-refractivity contribution in [2.45, 2.75) is 44.7 Å². The summed E-state index contributed by atoms with van der Waals surface area (Å²) in [6, 6.07) is 6.35. The first-order valence-electron chi connectivity index (χ1n) is 7.19. The standard InChI is InChI=1S/C16H20N2O/c19-16(11-13-5-1-2-6-13)18(15-8-9-15)12-14-7-3-4-10-17-14/h1,3-5,7,10,13,15H,2,6,8-9,11-12H2/t13-/m1/s1. The molecule has 0 N–H and O–H groups in total. The second kappa shape index (κ2) is 5.55. The molecule has 19 heavy (non-hydrogen) atoms. The Labute approximate surface area is 114 Å². The SMILES string of the molecule is O=C(C[C@@H]1C=CCC1)N(Cc1ccccn1)C1CC1. The Hall–Kier alpha value is -1.64. The van der Waals surface area contributed by atoms with E-state index in [-0.39, 0.29) is 0 Å². The Morgan fingerprint density at radius 3 is 2.84 bits per heavy atom. The number of carbonyl (C=O) groups is 1. The number of hydrogen-bond donors (Lipinski definition) is 0. The molecular formula is C16H20N2O. The van der Waals surface area contributed by atoms with Gasteiger partial charge < -0.3 is 4.90 Å². The Morgan fingerprint density at radius 1 is 1.32 bits per heavy atom. The fourth-order valence-corrected chi connectivity index (χ4v) is 2.68. The lowest BCUT2D eigenvalue weighted by molar-refractivity contribution is -0.133. The Bertz CT molecular complexity index is 465. The van der Waals surface area contributed by atoms with Crippen molar-refractivity contribution >= 4 is 5.91 Å². The fraction of sp³-hybridized carbons (Fsp3) is 0.500. The van der Waals surface area contributed by atoms with E-state index in [1.807, 2.05) is 23.1 Å². The summed E-state index contributed by atoms with van der Waals surface area (Å²) in [4.78, 5) is 18.8. The van der Waals surface area contributed by atoms with Crippen LogP contribution in [0.15, 0.2) is 36.5 Å². The zero-order valence-electron chi connectivity index (χ0n) is 11.2. The van der Waals surface area contributed by atoms with Crippen LogP contribution in [0, 0.1) is 5.92 Å². The number of hydrogen-bond acceptors (Lipinski definition) is 2. The molecule has 0 bridgehead atoms. The molecule has 0 aliphatic heterocycles. The van der Waals surface area contributed by atoms with Crippen molar-refractivity contribution in [2.75, 3.05) is 0 Å². The van der Waals surface area contributed by atoms with Crippen LogP contribution < -0.4 is 0 Å². The number of aromatic nitrogens is 1. The van der Waals surface area contributed by atoms with Gasteiger partial charge in [0.05, 0.1) is 12.2 Å². The van der Waals surface area contributed by atoms with Crippen molar-refractivity contribution in [3.05, 3.63) is 42.2 Å². The topological polar surface area (TPSA) is 33.2 Å². The smallest absolute Gasteiger partial charge is 0.223 e. The van der Waals surface area contributed by atoms with E-state index >= 15 is 0 Å². The molecule has 3 heteroatoms. The largest absolute Gasteiger partial charge is 0.334 e. The molecule has 0 radical (unpaired) electrons. The molecule has 1 fully saturated rings. The highest BCUT2D eigenvalue weighted by Crippen LogP contribution is 2.30. The van der Waals surface area contributed by atoms with Crippen molar-refractivity contribution < 1.29 is 4.79 Å². The minimum Gasteiger partial charge on any atom is -0.334 e. The van der Waals surface area contributed by atoms with Crippen molar-refractivity contribution in [3.63, 3.8) is 0 Å². The third kappa shape index (κ3) is 3.22. The maximum Gasteiger partial charge on any atom is 0.223 e. The zero-order chi connectivity index (χ0) is 13.1. The van der Waals surface area contributed by atoms with Gasteiger partial charge >= 0.3 is 0 Å². The molecule has 0 aromatic carbocycles. The average Bonchev–Trinajstić information content (AvgIpc) is 3.15. The Balaban J connectivity index is 1.63. The fourth-order valence-electron chi connectivity index (χ4n) is 2.68. The predicted molar refractivity (Wildman–Crippen MR) is 74.3 cm³/mol. The molecule has 0 spiro atoms. The van der Waals surface area contributed by atoms with Crippen molar-refractivity contribution in [1.82, 2.24) is 9.88 Å². The van der Waals surface area contributed by atoms with Crippen LogP contribution >= 0.6 is 0 Å². The third-order valence-corrected chi connectivity index (χ3v) is 3.92. The van der Waals surface area contributed by atoms with Crippen LogP contribution in [-0.4, -0.2) is 21.8 Å². The number of pyridine rings is 1. The maximum atomic E-state index is 12.4. The van der Waals surface area contributed by atoms with Gasteiger partial charge in [-0.25, -0.2) is 0 Å². The number of allylic oxidation sites excluding steroid dienone is 2. The van der Waals surface area contributed by atoms with E-state index in [1.165, 1.54) is 0 Å². The van der Waals surface area contributed by atoms with Crippen LogP contribution in [-0.2, 0) is 11.3 Å². The maximum absolute atomic E-state index is 12.4. The molecule has 1 atom stereocenters. The van der Waals surface area contributed by atoms with E-state index in [4.69, 9.17) is 0 Å². The molecule has 2 aliphatic carbocycles. The van der Waals surface area contributed by atoms with Gasteiger partial charge in [0.2, 0.25) is 5.91 Å². The van der Waals surface area contributed by atoms with Crippen molar-refractivity contribution in [2.24, 2.45) is 5.92 Å². The molecule has 1 aromatic rings. The van der Waals surface area contributed by atoms with Gasteiger partial charge in [0, 0.05) is 18.7 Å². The van der Waals surface area contributed by atoms with E-state index in [9.17, 15) is 4.79 Å². The quantitative estimate of drug-likeness (QED) is 0.759. The van der Waals surface area contributed by atoms with E-state index < -0.39 is 0 Å². The predicted octanol–water partition coefficient (Wildman–Crippen LogP) is 2.93. The summed E-state index contributed by atoms with van der Waals surface area (Å²) in [5.74, 6) is 0.752. The lowest BCUT2D eigenvalue weighted by Gasteiger charge is -2.23. The summed E-state index contributed by atoms with van der Waals surface area (Å²) in [5.41, 5.74) is 0.990. The highest BCUT2D eigenvalue weighted by molar-refractivity contribution is 5.77. The van der Waals surface area contributed by atoms with E-state index in [0.29, 0.717) is 30.8 Å². The third-order valence-electron chi connectivity index (χ3n) is 3.92. The van der Waals surface area contributed by atoms with Crippen LogP contribution in [0.4, 0.5) is 0 Å². The van der Waals surface area contributed by atoms with Gasteiger partial charge in [-0.15, -0.1) is 0 Å². The molecular weight excluding hydrogens is 236 g/mol. The van der Waals surface area contributed by atoms with E-state index in [2.05, 4.69) is 17.1 Å². The molecule has 1 amide bonds. The van der Waals surface area contributed by atoms with Crippen LogP contribution in [0.3, 0.4) is 0 Å². The molecule has 1 saturated carbocycles. The number of amides is 1. The van der Waals surface area contributed by atoms with Gasteiger partial charge in [0.1, 0.15) is 0 Å². The average molecular weight is 256 g/mol. The molecule has 2 aliphatic rings. The second-order valence-electron chi connectivity index (χ2n) is 5.54. The Kier molecular flexibility index (Phi) is 3.62. The van der Waals surface area contributed by atoms with E-state index in [0.717, 1.165) is 31.4 Å². The molecule has 0 saturated heterocycles. The lowest BCUT2D eigenvalue weighted by atomic mass is 10.0. The monoisotopic (exact) mass is 256 g/mol. The second-order valence-corrected chi connectivity index (χ2v) is 5.54. The lowest BCUT2D eigenvalue weighted by Crippen LogP contribution is -2.33. The van der Waals surface area contributed by atoms with Gasteiger partial charge in [-0.2, -0.15) is 0 Å². The van der Waals surface area contributed by atoms with Gasteiger partial charge in [0.15, 0.2) is 0 Å². The molecule has 100 valence electrons. The summed E-state index contributed by atoms with van der Waals surface area (Å²) in [5, 5.41) is 0. The summed E-state index contributed by atoms with van der Waals surface area (Å²) in [6.45, 7) is 0.667. The van der Waals surface area contributed by atoms with Crippen molar-refractivity contribution in [1.29, 1.82) is 0 Å². The minimum absolute atomic E-state index is 0.296. The summed E-state index contributed by atoms with van der Waals surface area (Å²) < 4.78 is 0. The first-order valence-corrected chi connectivity index (χ1v) is 7.19. The first kappa shape index (κ1) is 12.4. The Morgan fingerprint density at radius 2 is 2.21 bits per heavy atom.